The molecule has 4 N–H and O–H groups in total. The van der Waals surface area contributed by atoms with Crippen LogP contribution in [0.4, 0.5) is 14.5 Å². The molecule has 2 rings (SSSR count). The highest BCUT2D eigenvalue weighted by molar-refractivity contribution is 5.98. The molecular weight excluding hydrogens is 280 g/mol. The second-order valence-corrected chi connectivity index (χ2v) is 5.30. The van der Waals surface area contributed by atoms with Gasteiger partial charge in [0.15, 0.2) is 0 Å². The molecule has 5 nitrogen and oxygen atoms in total. The summed E-state index contributed by atoms with van der Waals surface area (Å²) < 4.78 is 27.0. The van der Waals surface area contributed by atoms with E-state index in [4.69, 9.17) is 5.73 Å². The Hall–Kier alpha value is -2.02. The molecule has 21 heavy (non-hydrogen) atoms. The van der Waals surface area contributed by atoms with Gasteiger partial charge in [-0.1, -0.05) is 6.92 Å². The first-order chi connectivity index (χ1) is 9.88. The molecule has 0 bridgehead atoms. The number of anilines is 1. The maximum Gasteiger partial charge on any atom is 0.251 e. The highest BCUT2D eigenvalue weighted by atomic mass is 19.1. The minimum Gasteiger partial charge on any atom is -0.366 e. The maximum absolute atomic E-state index is 13.7. The Bertz CT molecular complexity index is 578. The molecule has 1 aliphatic heterocycles. The Labute approximate surface area is 120 Å². The highest BCUT2D eigenvalue weighted by Gasteiger charge is 2.25. The van der Waals surface area contributed by atoms with Crippen molar-refractivity contribution in [2.45, 2.75) is 25.8 Å². The van der Waals surface area contributed by atoms with Crippen LogP contribution in [0, 0.1) is 17.6 Å². The standard InChI is InChI=1S/C14H17F2N3O2/c1-7-2-3-18-12(4-7)14(21)19-11-5-8(13(17)20)9(15)6-10(11)16/h5-7,12,18H,2-4H2,1H3,(H2,17,20)(H,19,21). The fraction of sp³-hybridized carbons (Fsp3) is 0.429. The summed E-state index contributed by atoms with van der Waals surface area (Å²) >= 11 is 0. The fourth-order valence-electron chi connectivity index (χ4n) is 2.36. The zero-order valence-corrected chi connectivity index (χ0v) is 11.6. The van der Waals surface area contributed by atoms with Gasteiger partial charge >= 0.3 is 0 Å². The minimum absolute atomic E-state index is 0.254. The SMILES string of the molecule is CC1CCNC(C(=O)Nc2cc(C(N)=O)c(F)cc2F)C1. The molecule has 1 fully saturated rings. The van der Waals surface area contributed by atoms with E-state index in [2.05, 4.69) is 10.6 Å². The van der Waals surface area contributed by atoms with E-state index in [-0.39, 0.29) is 5.69 Å². The van der Waals surface area contributed by atoms with Crippen molar-refractivity contribution >= 4 is 17.5 Å². The molecule has 1 saturated heterocycles. The smallest absolute Gasteiger partial charge is 0.251 e. The summed E-state index contributed by atoms with van der Waals surface area (Å²) in [6.07, 6.45) is 1.61. The van der Waals surface area contributed by atoms with Crippen molar-refractivity contribution in [1.82, 2.24) is 5.32 Å². The van der Waals surface area contributed by atoms with E-state index in [1.54, 1.807) is 0 Å². The fourth-order valence-corrected chi connectivity index (χ4v) is 2.36. The maximum atomic E-state index is 13.7. The average Bonchev–Trinajstić information content (AvgIpc) is 2.41. The van der Waals surface area contributed by atoms with Gasteiger partial charge < -0.3 is 16.4 Å². The molecule has 0 aromatic heterocycles. The van der Waals surface area contributed by atoms with E-state index in [9.17, 15) is 18.4 Å². The second-order valence-electron chi connectivity index (χ2n) is 5.30. The molecule has 1 aromatic carbocycles. The Morgan fingerprint density at radius 1 is 1.33 bits per heavy atom. The van der Waals surface area contributed by atoms with Gasteiger partial charge in [-0.2, -0.15) is 0 Å². The number of nitrogens with two attached hydrogens (primary N) is 1. The predicted molar refractivity (Wildman–Crippen MR) is 73.7 cm³/mol. The summed E-state index contributed by atoms with van der Waals surface area (Å²) in [7, 11) is 0. The molecule has 114 valence electrons. The predicted octanol–water partition coefficient (Wildman–Crippen LogP) is 1.39. The summed E-state index contributed by atoms with van der Waals surface area (Å²) in [5, 5.41) is 5.41. The molecule has 7 heteroatoms. The Morgan fingerprint density at radius 2 is 2.05 bits per heavy atom. The number of primary amides is 1. The van der Waals surface area contributed by atoms with Crippen LogP contribution in [0.1, 0.15) is 30.1 Å². The van der Waals surface area contributed by atoms with Crippen LogP contribution < -0.4 is 16.4 Å². The number of hydrogen-bond acceptors (Lipinski definition) is 3. The Balaban J connectivity index is 2.17. The zero-order chi connectivity index (χ0) is 15.6. The van der Waals surface area contributed by atoms with Crippen LogP contribution in [-0.2, 0) is 4.79 Å². The second kappa shape index (κ2) is 6.17. The van der Waals surface area contributed by atoms with Gasteiger partial charge in [0.2, 0.25) is 5.91 Å². The van der Waals surface area contributed by atoms with Crippen LogP contribution in [0.3, 0.4) is 0 Å². The van der Waals surface area contributed by atoms with Crippen LogP contribution in [0.2, 0.25) is 0 Å². The quantitative estimate of drug-likeness (QED) is 0.788. The molecule has 0 spiro atoms. The average molecular weight is 297 g/mol. The van der Waals surface area contributed by atoms with Crippen LogP contribution >= 0.6 is 0 Å². The number of piperidine rings is 1. The first kappa shape index (κ1) is 15.4. The normalized spacial score (nSPS) is 21.9. The first-order valence-electron chi connectivity index (χ1n) is 6.71. The third-order valence-electron chi connectivity index (χ3n) is 3.56. The van der Waals surface area contributed by atoms with Crippen LogP contribution in [0.5, 0.6) is 0 Å². The molecule has 1 aromatic rings. The minimum atomic E-state index is -1.05. The summed E-state index contributed by atoms with van der Waals surface area (Å²) in [5.74, 6) is -3.05. The van der Waals surface area contributed by atoms with E-state index >= 15 is 0 Å². The van der Waals surface area contributed by atoms with Crippen molar-refractivity contribution < 1.29 is 18.4 Å². The van der Waals surface area contributed by atoms with E-state index in [0.29, 0.717) is 24.9 Å². The van der Waals surface area contributed by atoms with E-state index in [1.165, 1.54) is 0 Å². The number of nitrogens with one attached hydrogen (secondary N) is 2. The first-order valence-corrected chi connectivity index (χ1v) is 6.71. The number of carbonyl (C=O) groups is 2. The molecular formula is C14H17F2N3O2. The van der Waals surface area contributed by atoms with Crippen molar-refractivity contribution in [3.8, 4) is 0 Å². The molecule has 2 amide bonds. The van der Waals surface area contributed by atoms with Gasteiger partial charge in [0.25, 0.3) is 5.91 Å². The third kappa shape index (κ3) is 3.55. The highest BCUT2D eigenvalue weighted by Crippen LogP contribution is 2.21. The monoisotopic (exact) mass is 297 g/mol. The summed E-state index contributed by atoms with van der Waals surface area (Å²) in [4.78, 5) is 23.1. The van der Waals surface area contributed by atoms with Crippen molar-refractivity contribution in [2.24, 2.45) is 11.7 Å². The molecule has 0 aliphatic carbocycles. The number of rotatable bonds is 3. The van der Waals surface area contributed by atoms with Gasteiger partial charge in [0.05, 0.1) is 17.3 Å². The summed E-state index contributed by atoms with van der Waals surface area (Å²) in [6.45, 7) is 2.74. The van der Waals surface area contributed by atoms with Gasteiger partial charge in [-0.25, -0.2) is 8.78 Å². The lowest BCUT2D eigenvalue weighted by Crippen LogP contribution is -2.45. The Kier molecular flexibility index (Phi) is 4.52. The van der Waals surface area contributed by atoms with Gasteiger partial charge in [0, 0.05) is 6.07 Å². The molecule has 0 radical (unpaired) electrons. The zero-order valence-electron chi connectivity index (χ0n) is 11.6. The van der Waals surface area contributed by atoms with Crippen LogP contribution in [0.25, 0.3) is 0 Å². The van der Waals surface area contributed by atoms with E-state index in [1.807, 2.05) is 6.92 Å². The number of carbonyl (C=O) groups excluding carboxylic acids is 2. The van der Waals surface area contributed by atoms with Crippen molar-refractivity contribution in [2.75, 3.05) is 11.9 Å². The molecule has 1 aliphatic rings. The molecule has 2 atom stereocenters. The topological polar surface area (TPSA) is 84.2 Å². The van der Waals surface area contributed by atoms with Crippen molar-refractivity contribution in [3.05, 3.63) is 29.3 Å². The molecule has 2 unspecified atom stereocenters. The number of hydrogen-bond donors (Lipinski definition) is 3. The number of halogens is 2. The lowest BCUT2D eigenvalue weighted by Gasteiger charge is -2.27. The van der Waals surface area contributed by atoms with E-state index < -0.39 is 35.1 Å². The largest absolute Gasteiger partial charge is 0.366 e. The van der Waals surface area contributed by atoms with E-state index in [0.717, 1.165) is 12.5 Å². The lowest BCUT2D eigenvalue weighted by atomic mass is 9.94. The molecule has 1 heterocycles. The van der Waals surface area contributed by atoms with Gasteiger partial charge in [-0.3, -0.25) is 9.59 Å². The van der Waals surface area contributed by atoms with Crippen molar-refractivity contribution in [1.29, 1.82) is 0 Å². The van der Waals surface area contributed by atoms with Gasteiger partial charge in [-0.15, -0.1) is 0 Å². The van der Waals surface area contributed by atoms with Crippen LogP contribution in [0.15, 0.2) is 12.1 Å². The third-order valence-corrected chi connectivity index (χ3v) is 3.56. The molecule has 0 saturated carbocycles. The van der Waals surface area contributed by atoms with Gasteiger partial charge in [0.1, 0.15) is 11.6 Å². The van der Waals surface area contributed by atoms with Crippen molar-refractivity contribution in [3.63, 3.8) is 0 Å². The Morgan fingerprint density at radius 3 is 2.67 bits per heavy atom. The van der Waals surface area contributed by atoms with Crippen LogP contribution in [-0.4, -0.2) is 24.4 Å². The number of amides is 2. The summed E-state index contributed by atoms with van der Waals surface area (Å²) in [6, 6.07) is 1.01. The number of benzene rings is 1. The lowest BCUT2D eigenvalue weighted by molar-refractivity contribution is -0.119. The summed E-state index contributed by atoms with van der Waals surface area (Å²) in [5.41, 5.74) is 4.28. The van der Waals surface area contributed by atoms with Gasteiger partial charge in [-0.05, 0) is 31.4 Å².